The molecule has 0 spiro atoms. The monoisotopic (exact) mass is 312 g/mol. The maximum atomic E-state index is 12.4. The van der Waals surface area contributed by atoms with Gasteiger partial charge in [0.25, 0.3) is 10.2 Å². The second-order valence-electron chi connectivity index (χ2n) is 5.53. The molecule has 6 nitrogen and oxygen atoms in total. The maximum absolute atomic E-state index is 12.4. The molecule has 2 rings (SSSR count). The summed E-state index contributed by atoms with van der Waals surface area (Å²) in [6.45, 7) is 3.96. The van der Waals surface area contributed by atoms with Crippen molar-refractivity contribution in [3.05, 3.63) is 30.1 Å². The van der Waals surface area contributed by atoms with Crippen LogP contribution in [0.1, 0.15) is 31.4 Å². The third kappa shape index (κ3) is 4.47. The van der Waals surface area contributed by atoms with Crippen LogP contribution >= 0.6 is 0 Å². The van der Waals surface area contributed by atoms with E-state index in [9.17, 15) is 8.42 Å². The Bertz CT molecular complexity index is 527. The molecule has 1 atom stereocenters. The van der Waals surface area contributed by atoms with E-state index in [1.807, 2.05) is 26.1 Å². The van der Waals surface area contributed by atoms with Crippen LogP contribution in [-0.2, 0) is 10.2 Å². The van der Waals surface area contributed by atoms with Crippen LogP contribution in [-0.4, -0.2) is 44.4 Å². The second kappa shape index (κ2) is 7.31. The lowest BCUT2D eigenvalue weighted by atomic mass is 9.98. The highest BCUT2D eigenvalue weighted by atomic mass is 32.2. The summed E-state index contributed by atoms with van der Waals surface area (Å²) in [7, 11) is -1.50. The summed E-state index contributed by atoms with van der Waals surface area (Å²) < 4.78 is 29.1. The Hall–Kier alpha value is -1.02. The first kappa shape index (κ1) is 16.4. The largest absolute Gasteiger partial charge is 0.319 e. The molecule has 2 N–H and O–H groups in total. The fraction of sp³-hybridized carbons (Fsp3) is 0.643. The Morgan fingerprint density at radius 2 is 2.14 bits per heavy atom. The van der Waals surface area contributed by atoms with Gasteiger partial charge in [-0.1, -0.05) is 6.07 Å². The van der Waals surface area contributed by atoms with E-state index < -0.39 is 10.2 Å². The van der Waals surface area contributed by atoms with Crippen molar-refractivity contribution in [2.45, 2.75) is 25.8 Å². The molecule has 1 unspecified atom stereocenters. The third-order valence-corrected chi connectivity index (χ3v) is 5.61. The first-order valence-corrected chi connectivity index (χ1v) is 8.79. The van der Waals surface area contributed by atoms with Crippen LogP contribution in [0.25, 0.3) is 0 Å². The molecule has 0 bridgehead atoms. The van der Waals surface area contributed by atoms with Crippen molar-refractivity contribution < 1.29 is 8.42 Å². The van der Waals surface area contributed by atoms with Crippen LogP contribution in [0.5, 0.6) is 0 Å². The number of nitrogens with zero attached hydrogens (tertiary/aromatic N) is 2. The lowest BCUT2D eigenvalue weighted by Crippen LogP contribution is -2.46. The summed E-state index contributed by atoms with van der Waals surface area (Å²) in [4.78, 5) is 4.02. The molecule has 1 saturated heterocycles. The van der Waals surface area contributed by atoms with E-state index in [-0.39, 0.29) is 6.04 Å². The Labute approximate surface area is 127 Å². The number of aromatic nitrogens is 1. The Kier molecular flexibility index (Phi) is 5.69. The van der Waals surface area contributed by atoms with Gasteiger partial charge in [0.15, 0.2) is 0 Å². The summed E-state index contributed by atoms with van der Waals surface area (Å²) in [5.41, 5.74) is 0.867. The normalized spacial score (nSPS) is 19.5. The van der Waals surface area contributed by atoms with Crippen molar-refractivity contribution in [2.24, 2.45) is 5.92 Å². The van der Waals surface area contributed by atoms with Gasteiger partial charge in [-0.05, 0) is 50.9 Å². The molecule has 2 heterocycles. The van der Waals surface area contributed by atoms with Crippen LogP contribution in [0.2, 0.25) is 0 Å². The van der Waals surface area contributed by atoms with Crippen LogP contribution in [0.15, 0.2) is 24.5 Å². The van der Waals surface area contributed by atoms with Crippen LogP contribution in [0, 0.1) is 5.92 Å². The lowest BCUT2D eigenvalue weighted by Gasteiger charge is -2.32. The van der Waals surface area contributed by atoms with Crippen LogP contribution < -0.4 is 10.0 Å². The van der Waals surface area contributed by atoms with Gasteiger partial charge in [-0.15, -0.1) is 0 Å². The zero-order chi connectivity index (χ0) is 15.3. The third-order valence-electron chi connectivity index (χ3n) is 3.92. The highest BCUT2D eigenvalue weighted by Gasteiger charge is 2.28. The molecule has 7 heteroatoms. The van der Waals surface area contributed by atoms with E-state index in [0.717, 1.165) is 24.9 Å². The molecule has 0 aliphatic carbocycles. The number of hydrogen-bond donors (Lipinski definition) is 2. The van der Waals surface area contributed by atoms with Crippen molar-refractivity contribution in [1.82, 2.24) is 19.3 Å². The number of pyridine rings is 1. The van der Waals surface area contributed by atoms with Crippen molar-refractivity contribution in [3.63, 3.8) is 0 Å². The average molecular weight is 312 g/mol. The summed E-state index contributed by atoms with van der Waals surface area (Å²) >= 11 is 0. The second-order valence-corrected chi connectivity index (χ2v) is 7.23. The minimum Gasteiger partial charge on any atom is -0.319 e. The molecule has 21 heavy (non-hydrogen) atoms. The molecule has 1 aliphatic heterocycles. The minimum atomic E-state index is -3.43. The SMILES string of the molecule is CNCC1CCN(S(=O)(=O)NC(C)c2cccnc2)CC1. The number of nitrogens with one attached hydrogen (secondary N) is 2. The molecular weight excluding hydrogens is 288 g/mol. The van der Waals surface area contributed by atoms with Crippen molar-refractivity contribution in [1.29, 1.82) is 0 Å². The van der Waals surface area contributed by atoms with Crippen molar-refractivity contribution >= 4 is 10.2 Å². The standard InChI is InChI=1S/C14H24N4O2S/c1-12(14-4-3-7-16-11-14)17-21(19,20)18-8-5-13(6-9-18)10-15-2/h3-4,7,11-13,15,17H,5-6,8-10H2,1-2H3. The quantitative estimate of drug-likeness (QED) is 0.819. The van der Waals surface area contributed by atoms with E-state index in [1.165, 1.54) is 0 Å². The van der Waals surface area contributed by atoms with E-state index >= 15 is 0 Å². The van der Waals surface area contributed by atoms with Crippen molar-refractivity contribution in [2.75, 3.05) is 26.7 Å². The summed E-state index contributed by atoms with van der Waals surface area (Å²) in [6.07, 6.45) is 5.18. The number of rotatable bonds is 6. The predicted octanol–water partition coefficient (Wildman–Crippen LogP) is 0.908. The molecule has 0 amide bonds. The summed E-state index contributed by atoms with van der Waals surface area (Å²) in [5, 5.41) is 3.15. The lowest BCUT2D eigenvalue weighted by molar-refractivity contribution is 0.267. The highest BCUT2D eigenvalue weighted by Crippen LogP contribution is 2.20. The van der Waals surface area contributed by atoms with Crippen LogP contribution in [0.4, 0.5) is 0 Å². The molecule has 0 saturated carbocycles. The van der Waals surface area contributed by atoms with Gasteiger partial charge < -0.3 is 5.32 Å². The first-order valence-electron chi connectivity index (χ1n) is 7.35. The van der Waals surface area contributed by atoms with Crippen molar-refractivity contribution in [3.8, 4) is 0 Å². The van der Waals surface area contributed by atoms with E-state index in [2.05, 4.69) is 15.0 Å². The fourth-order valence-corrected chi connectivity index (χ4v) is 4.06. The number of hydrogen-bond acceptors (Lipinski definition) is 4. The summed E-state index contributed by atoms with van der Waals surface area (Å²) in [5.74, 6) is 0.567. The average Bonchev–Trinajstić information content (AvgIpc) is 2.48. The maximum Gasteiger partial charge on any atom is 0.279 e. The van der Waals surface area contributed by atoms with E-state index in [4.69, 9.17) is 0 Å². The first-order chi connectivity index (χ1) is 10.0. The molecule has 1 fully saturated rings. The Balaban J connectivity index is 1.93. The topological polar surface area (TPSA) is 74.3 Å². The van der Waals surface area contributed by atoms with Gasteiger partial charge >= 0.3 is 0 Å². The molecular formula is C14H24N4O2S. The molecule has 1 aliphatic rings. The number of piperidine rings is 1. The van der Waals surface area contributed by atoms with Gasteiger partial charge in [0.2, 0.25) is 0 Å². The molecule has 1 aromatic rings. The van der Waals surface area contributed by atoms with Gasteiger partial charge in [0.05, 0.1) is 0 Å². The van der Waals surface area contributed by atoms with Gasteiger partial charge in [-0.2, -0.15) is 17.4 Å². The van der Waals surface area contributed by atoms with E-state index in [1.54, 1.807) is 16.7 Å². The fourth-order valence-electron chi connectivity index (χ4n) is 2.64. The van der Waals surface area contributed by atoms with Gasteiger partial charge in [0, 0.05) is 31.5 Å². The minimum absolute atomic E-state index is 0.279. The zero-order valence-electron chi connectivity index (χ0n) is 12.6. The molecule has 118 valence electrons. The Morgan fingerprint density at radius 1 is 1.43 bits per heavy atom. The molecule has 0 radical (unpaired) electrons. The highest BCUT2D eigenvalue weighted by molar-refractivity contribution is 7.87. The van der Waals surface area contributed by atoms with Gasteiger partial charge in [0.1, 0.15) is 0 Å². The molecule has 0 aromatic carbocycles. The van der Waals surface area contributed by atoms with Gasteiger partial charge in [-0.25, -0.2) is 0 Å². The van der Waals surface area contributed by atoms with Crippen LogP contribution in [0.3, 0.4) is 0 Å². The summed E-state index contributed by atoms with van der Waals surface area (Å²) in [6, 6.07) is 3.40. The molecule has 1 aromatic heterocycles. The van der Waals surface area contributed by atoms with E-state index in [0.29, 0.717) is 19.0 Å². The smallest absolute Gasteiger partial charge is 0.279 e. The Morgan fingerprint density at radius 3 is 2.71 bits per heavy atom. The zero-order valence-corrected chi connectivity index (χ0v) is 13.4. The predicted molar refractivity (Wildman–Crippen MR) is 82.9 cm³/mol. The van der Waals surface area contributed by atoms with Gasteiger partial charge in [-0.3, -0.25) is 4.98 Å².